The van der Waals surface area contributed by atoms with Gasteiger partial charge in [-0.3, -0.25) is 4.79 Å². The smallest absolute Gasteiger partial charge is 0.159 e. The maximum atomic E-state index is 12.3. The molecule has 134 valence electrons. The summed E-state index contributed by atoms with van der Waals surface area (Å²) in [7, 11) is 0. The minimum Gasteiger partial charge on any atom is -0.489 e. The Morgan fingerprint density at radius 2 is 1.73 bits per heavy atom. The highest BCUT2D eigenvalue weighted by Gasteiger charge is 2.40. The normalized spacial score (nSPS) is 19.3. The van der Waals surface area contributed by atoms with Gasteiger partial charge in [0.05, 0.1) is 5.92 Å². The minimum absolute atomic E-state index is 0.0634. The molecule has 0 saturated carbocycles. The molecule has 26 heavy (non-hydrogen) atoms. The Hall–Kier alpha value is -2.61. The molecule has 2 aromatic carbocycles. The number of hydrogen-bond acceptors (Lipinski definition) is 2. The number of rotatable bonds is 6. The first-order valence-corrected chi connectivity index (χ1v) is 9.24. The van der Waals surface area contributed by atoms with E-state index in [0.717, 1.165) is 35.1 Å². The Labute approximate surface area is 156 Å². The molecule has 0 spiro atoms. The van der Waals surface area contributed by atoms with Crippen molar-refractivity contribution in [3.05, 3.63) is 89.2 Å². The van der Waals surface area contributed by atoms with Gasteiger partial charge in [-0.05, 0) is 42.5 Å². The van der Waals surface area contributed by atoms with Crippen molar-refractivity contribution in [3.63, 3.8) is 0 Å². The summed E-state index contributed by atoms with van der Waals surface area (Å²) in [6.45, 7) is 9.98. The summed E-state index contributed by atoms with van der Waals surface area (Å²) in [5.74, 6) is 0.659. The fourth-order valence-corrected chi connectivity index (χ4v) is 3.77. The highest BCUT2D eigenvalue weighted by Crippen LogP contribution is 2.44. The highest BCUT2D eigenvalue weighted by molar-refractivity contribution is 5.97. The molecule has 2 nitrogen and oxygen atoms in total. The fraction of sp³-hybridized carbons (Fsp3) is 0.292. The van der Waals surface area contributed by atoms with Crippen LogP contribution in [0.4, 0.5) is 0 Å². The van der Waals surface area contributed by atoms with Crippen molar-refractivity contribution in [1.82, 2.24) is 0 Å². The van der Waals surface area contributed by atoms with Gasteiger partial charge in [-0.25, -0.2) is 0 Å². The van der Waals surface area contributed by atoms with E-state index in [0.29, 0.717) is 5.76 Å². The average molecular weight is 346 g/mol. The molecule has 0 unspecified atom stereocenters. The number of carbonyl (C=O) groups is 1. The van der Waals surface area contributed by atoms with Crippen LogP contribution in [0.15, 0.2) is 72.5 Å². The summed E-state index contributed by atoms with van der Waals surface area (Å²) in [6.07, 6.45) is 1.93. The van der Waals surface area contributed by atoms with E-state index in [4.69, 9.17) is 4.74 Å². The predicted molar refractivity (Wildman–Crippen MR) is 107 cm³/mol. The summed E-state index contributed by atoms with van der Waals surface area (Å²) in [6, 6.07) is 18.6. The topological polar surface area (TPSA) is 26.3 Å². The van der Waals surface area contributed by atoms with Gasteiger partial charge in [-0.1, -0.05) is 74.5 Å². The lowest BCUT2D eigenvalue weighted by Gasteiger charge is -2.24. The molecule has 0 bridgehead atoms. The van der Waals surface area contributed by atoms with Crippen molar-refractivity contribution in [2.45, 2.75) is 45.6 Å². The number of allylic oxidation sites excluding steroid dienone is 1. The number of ketones is 1. The third-order valence-corrected chi connectivity index (χ3v) is 5.04. The van der Waals surface area contributed by atoms with Crippen LogP contribution in [0, 0.1) is 0 Å². The molecule has 0 radical (unpaired) electrons. The van der Waals surface area contributed by atoms with Gasteiger partial charge in [0.1, 0.15) is 11.9 Å². The lowest BCUT2D eigenvalue weighted by atomic mass is 9.81. The van der Waals surface area contributed by atoms with Crippen molar-refractivity contribution in [2.75, 3.05) is 0 Å². The Morgan fingerprint density at radius 3 is 2.31 bits per heavy atom. The summed E-state index contributed by atoms with van der Waals surface area (Å²) in [5.41, 5.74) is 5.13. The second kappa shape index (κ2) is 7.74. The maximum Gasteiger partial charge on any atom is 0.159 e. The molecular weight excluding hydrogens is 320 g/mol. The summed E-state index contributed by atoms with van der Waals surface area (Å²) >= 11 is 0. The van der Waals surface area contributed by atoms with Crippen LogP contribution in [0.5, 0.6) is 0 Å². The van der Waals surface area contributed by atoms with E-state index in [9.17, 15) is 4.79 Å². The maximum absolute atomic E-state index is 12.3. The van der Waals surface area contributed by atoms with Crippen LogP contribution in [-0.2, 0) is 16.0 Å². The standard InChI is InChI=1S/C24H26O2/c1-5-9-19-12-14-21(15-13-19)23-22(17(3)25)18(4)26-24(23)16(2)20-10-7-6-8-11-20/h6-8,10-15,23-24H,2,5,9H2,1,3-4H3/t23-,24+/m0/s1. The Morgan fingerprint density at radius 1 is 1.08 bits per heavy atom. The Balaban J connectivity index is 2.00. The molecule has 3 rings (SSSR count). The molecule has 1 aliphatic heterocycles. The van der Waals surface area contributed by atoms with Crippen molar-refractivity contribution in [3.8, 4) is 0 Å². The minimum atomic E-state index is -0.256. The molecule has 0 aliphatic carbocycles. The highest BCUT2D eigenvalue weighted by atomic mass is 16.5. The lowest BCUT2D eigenvalue weighted by molar-refractivity contribution is -0.113. The number of carbonyl (C=O) groups excluding carboxylic acids is 1. The first-order valence-electron chi connectivity index (χ1n) is 9.24. The van der Waals surface area contributed by atoms with Gasteiger partial charge in [-0.15, -0.1) is 0 Å². The quantitative estimate of drug-likeness (QED) is 0.671. The SMILES string of the molecule is C=C(c1ccccc1)[C@H]1OC(C)=C(C(C)=O)[C@@H]1c1ccc(CCC)cc1. The predicted octanol–water partition coefficient (Wildman–Crippen LogP) is 5.70. The zero-order valence-corrected chi connectivity index (χ0v) is 15.8. The van der Waals surface area contributed by atoms with E-state index in [2.05, 4.69) is 37.8 Å². The second-order valence-corrected chi connectivity index (χ2v) is 6.93. The number of hydrogen-bond donors (Lipinski definition) is 0. The van der Waals surface area contributed by atoms with Crippen LogP contribution in [0.25, 0.3) is 5.57 Å². The van der Waals surface area contributed by atoms with Gasteiger partial charge >= 0.3 is 0 Å². The summed E-state index contributed by atoms with van der Waals surface area (Å²) in [4.78, 5) is 12.3. The van der Waals surface area contributed by atoms with Gasteiger partial charge in [0.15, 0.2) is 5.78 Å². The zero-order chi connectivity index (χ0) is 18.7. The molecule has 2 atom stereocenters. The average Bonchev–Trinajstić information content (AvgIpc) is 3.00. The van der Waals surface area contributed by atoms with E-state index in [1.807, 2.05) is 37.3 Å². The second-order valence-electron chi connectivity index (χ2n) is 6.93. The molecule has 2 heteroatoms. The Kier molecular flexibility index (Phi) is 5.41. The Bertz CT molecular complexity index is 828. The van der Waals surface area contributed by atoms with Gasteiger partial charge in [-0.2, -0.15) is 0 Å². The molecule has 0 N–H and O–H groups in total. The number of Topliss-reactive ketones (excluding diaryl/α,β-unsaturated/α-hetero) is 1. The van der Waals surface area contributed by atoms with E-state index in [1.165, 1.54) is 5.56 Å². The third-order valence-electron chi connectivity index (χ3n) is 5.04. The first-order chi connectivity index (χ1) is 12.5. The summed E-state index contributed by atoms with van der Waals surface area (Å²) < 4.78 is 6.16. The van der Waals surface area contributed by atoms with Crippen LogP contribution in [-0.4, -0.2) is 11.9 Å². The van der Waals surface area contributed by atoms with E-state index in [-0.39, 0.29) is 17.8 Å². The van der Waals surface area contributed by atoms with E-state index in [1.54, 1.807) is 6.92 Å². The first kappa shape index (κ1) is 18.2. The molecule has 0 amide bonds. The monoisotopic (exact) mass is 346 g/mol. The van der Waals surface area contributed by atoms with Gasteiger partial charge in [0, 0.05) is 5.57 Å². The van der Waals surface area contributed by atoms with Crippen molar-refractivity contribution in [1.29, 1.82) is 0 Å². The molecule has 1 heterocycles. The largest absolute Gasteiger partial charge is 0.489 e. The molecule has 2 aromatic rings. The number of ether oxygens (including phenoxy) is 1. The fourth-order valence-electron chi connectivity index (χ4n) is 3.77. The van der Waals surface area contributed by atoms with Crippen molar-refractivity contribution >= 4 is 11.4 Å². The lowest BCUT2D eigenvalue weighted by Crippen LogP contribution is -2.20. The molecule has 0 fully saturated rings. The zero-order valence-electron chi connectivity index (χ0n) is 15.8. The van der Waals surface area contributed by atoms with E-state index >= 15 is 0 Å². The van der Waals surface area contributed by atoms with Gasteiger partial charge in [0.25, 0.3) is 0 Å². The van der Waals surface area contributed by atoms with Crippen LogP contribution < -0.4 is 0 Å². The van der Waals surface area contributed by atoms with Crippen LogP contribution in [0.2, 0.25) is 0 Å². The van der Waals surface area contributed by atoms with Crippen molar-refractivity contribution in [2.24, 2.45) is 0 Å². The molecule has 0 aromatic heterocycles. The number of aryl methyl sites for hydroxylation is 1. The van der Waals surface area contributed by atoms with Crippen molar-refractivity contribution < 1.29 is 9.53 Å². The van der Waals surface area contributed by atoms with E-state index < -0.39 is 0 Å². The molecular formula is C24H26O2. The summed E-state index contributed by atoms with van der Waals surface area (Å²) in [5, 5.41) is 0. The molecule has 1 aliphatic rings. The van der Waals surface area contributed by atoms with Crippen LogP contribution >= 0.6 is 0 Å². The van der Waals surface area contributed by atoms with Gasteiger partial charge in [0.2, 0.25) is 0 Å². The third kappa shape index (κ3) is 3.50. The number of benzene rings is 2. The molecule has 0 saturated heterocycles. The van der Waals surface area contributed by atoms with Crippen LogP contribution in [0.1, 0.15) is 49.8 Å². The van der Waals surface area contributed by atoms with Gasteiger partial charge < -0.3 is 4.74 Å². The van der Waals surface area contributed by atoms with Crippen LogP contribution in [0.3, 0.4) is 0 Å².